The molecule has 5 nitrogen and oxygen atoms in total. The highest BCUT2D eigenvalue weighted by Gasteiger charge is 2.16. The molecule has 0 aliphatic carbocycles. The van der Waals surface area contributed by atoms with Crippen molar-refractivity contribution in [2.24, 2.45) is 0 Å². The van der Waals surface area contributed by atoms with Crippen molar-refractivity contribution in [2.75, 3.05) is 5.75 Å². The number of nitrogens with one attached hydrogen (secondary N) is 1. The zero-order valence-corrected chi connectivity index (χ0v) is 13.4. The molecule has 1 heterocycles. The zero-order valence-electron chi connectivity index (χ0n) is 12.6. The summed E-state index contributed by atoms with van der Waals surface area (Å²) in [5, 5.41) is 2.71. The average molecular weight is 321 g/mol. The first-order valence-corrected chi connectivity index (χ1v) is 8.64. The van der Waals surface area contributed by atoms with E-state index in [0.717, 1.165) is 17.1 Å². The van der Waals surface area contributed by atoms with E-state index in [1.165, 1.54) is 12.1 Å². The molecule has 0 bridgehead atoms. The van der Waals surface area contributed by atoms with Crippen molar-refractivity contribution in [2.45, 2.75) is 31.7 Å². The average Bonchev–Trinajstić information content (AvgIpc) is 2.82. The molecule has 1 aromatic carbocycles. The van der Waals surface area contributed by atoms with Gasteiger partial charge in [0.1, 0.15) is 11.5 Å². The summed E-state index contributed by atoms with van der Waals surface area (Å²) in [6.45, 7) is 4.01. The molecule has 6 heteroatoms. The number of furan rings is 1. The van der Waals surface area contributed by atoms with Crippen LogP contribution in [0.25, 0.3) is 0 Å². The molecule has 0 saturated heterocycles. The van der Waals surface area contributed by atoms with Gasteiger partial charge < -0.3 is 9.73 Å². The first kappa shape index (κ1) is 16.3. The van der Waals surface area contributed by atoms with Crippen molar-refractivity contribution < 1.29 is 17.6 Å². The molecule has 0 fully saturated rings. The minimum absolute atomic E-state index is 0.0624. The number of aryl methyl sites for hydroxylation is 2. The number of rotatable bonds is 6. The predicted octanol–water partition coefficient (Wildman–Crippen LogP) is 2.38. The summed E-state index contributed by atoms with van der Waals surface area (Å²) < 4.78 is 29.5. The van der Waals surface area contributed by atoms with Crippen molar-refractivity contribution in [1.29, 1.82) is 0 Å². The lowest BCUT2D eigenvalue weighted by atomic mass is 10.2. The van der Waals surface area contributed by atoms with Gasteiger partial charge in [0.25, 0.3) is 0 Å². The molecular formula is C16H19NO4S. The Morgan fingerprint density at radius 3 is 2.45 bits per heavy atom. The van der Waals surface area contributed by atoms with E-state index in [1.807, 2.05) is 19.9 Å². The topological polar surface area (TPSA) is 76.4 Å². The molecule has 2 aromatic rings. The fourth-order valence-corrected chi connectivity index (χ4v) is 3.38. The maximum Gasteiger partial charge on any atom is 0.221 e. The van der Waals surface area contributed by atoms with Crippen LogP contribution in [0.1, 0.15) is 23.5 Å². The van der Waals surface area contributed by atoms with E-state index in [4.69, 9.17) is 4.42 Å². The van der Waals surface area contributed by atoms with Crippen LogP contribution in [0, 0.1) is 13.8 Å². The van der Waals surface area contributed by atoms with Crippen molar-refractivity contribution in [1.82, 2.24) is 5.32 Å². The van der Waals surface area contributed by atoms with Gasteiger partial charge in [0, 0.05) is 18.5 Å². The largest absolute Gasteiger partial charge is 0.466 e. The number of amides is 1. The second kappa shape index (κ2) is 6.79. The summed E-state index contributed by atoms with van der Waals surface area (Å²) in [5.74, 6) is 1.05. The molecular weight excluding hydrogens is 302 g/mol. The summed E-state index contributed by atoms with van der Waals surface area (Å²) in [6.07, 6.45) is -0.0624. The number of sulfone groups is 1. The number of carbonyl (C=O) groups excluding carboxylic acids is 1. The molecule has 118 valence electrons. The van der Waals surface area contributed by atoms with Crippen LogP contribution in [0.4, 0.5) is 0 Å². The minimum Gasteiger partial charge on any atom is -0.466 e. The molecule has 0 spiro atoms. The number of hydrogen-bond donors (Lipinski definition) is 1. The predicted molar refractivity (Wildman–Crippen MR) is 83.1 cm³/mol. The van der Waals surface area contributed by atoms with Crippen LogP contribution >= 0.6 is 0 Å². The number of benzene rings is 1. The van der Waals surface area contributed by atoms with E-state index >= 15 is 0 Å². The van der Waals surface area contributed by atoms with E-state index in [9.17, 15) is 13.2 Å². The Morgan fingerprint density at radius 2 is 1.86 bits per heavy atom. The van der Waals surface area contributed by atoms with E-state index in [2.05, 4.69) is 5.32 Å². The lowest BCUT2D eigenvalue weighted by Gasteiger charge is -2.06. The summed E-state index contributed by atoms with van der Waals surface area (Å²) in [4.78, 5) is 12.0. The lowest BCUT2D eigenvalue weighted by Crippen LogP contribution is -2.25. The van der Waals surface area contributed by atoms with Gasteiger partial charge >= 0.3 is 0 Å². The van der Waals surface area contributed by atoms with Gasteiger partial charge in [-0.3, -0.25) is 4.79 Å². The normalized spacial score (nSPS) is 11.4. The summed E-state index contributed by atoms with van der Waals surface area (Å²) in [5.41, 5.74) is 0.900. The highest BCUT2D eigenvalue weighted by atomic mass is 32.2. The molecule has 22 heavy (non-hydrogen) atoms. The van der Waals surface area contributed by atoms with Crippen molar-refractivity contribution in [3.8, 4) is 0 Å². The van der Waals surface area contributed by atoms with Crippen LogP contribution in [-0.4, -0.2) is 20.1 Å². The molecule has 2 rings (SSSR count). The van der Waals surface area contributed by atoms with Crippen LogP contribution in [0.2, 0.25) is 0 Å². The molecule has 0 radical (unpaired) electrons. The van der Waals surface area contributed by atoms with Crippen LogP contribution in [0.3, 0.4) is 0 Å². The highest BCUT2D eigenvalue weighted by Crippen LogP contribution is 2.14. The summed E-state index contributed by atoms with van der Waals surface area (Å²) in [7, 11) is -3.42. The third kappa shape index (κ3) is 4.21. The third-order valence-electron chi connectivity index (χ3n) is 3.32. The maximum absolute atomic E-state index is 12.1. The SMILES string of the molecule is Cc1cc(CNC(=O)CCS(=O)(=O)c2ccccc2)c(C)o1. The van der Waals surface area contributed by atoms with Crippen molar-refractivity contribution in [3.05, 3.63) is 53.5 Å². The highest BCUT2D eigenvalue weighted by molar-refractivity contribution is 7.91. The molecule has 0 aliphatic heterocycles. The molecule has 0 saturated carbocycles. The molecule has 0 aliphatic rings. The fourth-order valence-electron chi connectivity index (χ4n) is 2.11. The van der Waals surface area contributed by atoms with E-state index < -0.39 is 9.84 Å². The molecule has 1 N–H and O–H groups in total. The molecule has 1 aromatic heterocycles. The van der Waals surface area contributed by atoms with Gasteiger partial charge in [-0.1, -0.05) is 18.2 Å². The van der Waals surface area contributed by atoms with Crippen LogP contribution in [0.5, 0.6) is 0 Å². The van der Waals surface area contributed by atoms with Gasteiger partial charge in [-0.15, -0.1) is 0 Å². The first-order valence-electron chi connectivity index (χ1n) is 6.99. The van der Waals surface area contributed by atoms with Crippen molar-refractivity contribution >= 4 is 15.7 Å². The van der Waals surface area contributed by atoms with Crippen molar-refractivity contribution in [3.63, 3.8) is 0 Å². The Balaban J connectivity index is 1.87. The second-order valence-electron chi connectivity index (χ2n) is 5.10. The second-order valence-corrected chi connectivity index (χ2v) is 7.21. The molecule has 1 amide bonds. The number of hydrogen-bond acceptors (Lipinski definition) is 4. The molecule has 0 atom stereocenters. The van der Waals surface area contributed by atoms with Gasteiger partial charge in [0.15, 0.2) is 9.84 Å². The maximum atomic E-state index is 12.1. The van der Waals surface area contributed by atoms with Gasteiger partial charge in [-0.2, -0.15) is 0 Å². The Labute approximate surface area is 130 Å². The van der Waals surface area contributed by atoms with E-state index in [0.29, 0.717) is 6.54 Å². The fraction of sp³-hybridized carbons (Fsp3) is 0.312. The first-order chi connectivity index (χ1) is 10.4. The smallest absolute Gasteiger partial charge is 0.221 e. The lowest BCUT2D eigenvalue weighted by molar-refractivity contribution is -0.120. The number of carbonyl (C=O) groups is 1. The molecule has 0 unspecified atom stereocenters. The standard InChI is InChI=1S/C16H19NO4S/c1-12-10-14(13(2)21-12)11-17-16(18)8-9-22(19,20)15-6-4-3-5-7-15/h3-7,10H,8-9,11H2,1-2H3,(H,17,18). The monoisotopic (exact) mass is 321 g/mol. The van der Waals surface area contributed by atoms with Gasteiger partial charge in [0.05, 0.1) is 10.6 Å². The van der Waals surface area contributed by atoms with Crippen LogP contribution in [-0.2, 0) is 21.2 Å². The van der Waals surface area contributed by atoms with Crippen LogP contribution in [0.15, 0.2) is 45.7 Å². The Morgan fingerprint density at radius 1 is 1.18 bits per heavy atom. The van der Waals surface area contributed by atoms with E-state index in [1.54, 1.807) is 18.2 Å². The van der Waals surface area contributed by atoms with Gasteiger partial charge in [-0.25, -0.2) is 8.42 Å². The van der Waals surface area contributed by atoms with E-state index in [-0.39, 0.29) is 23.0 Å². The minimum atomic E-state index is -3.42. The quantitative estimate of drug-likeness (QED) is 0.886. The third-order valence-corrected chi connectivity index (χ3v) is 5.05. The van der Waals surface area contributed by atoms with Crippen LogP contribution < -0.4 is 5.32 Å². The Bertz CT molecular complexity index is 748. The Kier molecular flexibility index (Phi) is 5.03. The zero-order chi connectivity index (χ0) is 16.2. The van der Waals surface area contributed by atoms with Gasteiger partial charge in [-0.05, 0) is 32.0 Å². The summed E-state index contributed by atoms with van der Waals surface area (Å²) in [6, 6.07) is 10.0. The summed E-state index contributed by atoms with van der Waals surface area (Å²) >= 11 is 0. The van der Waals surface area contributed by atoms with Gasteiger partial charge in [0.2, 0.25) is 5.91 Å². The Hall–Kier alpha value is -2.08.